The van der Waals surface area contributed by atoms with E-state index in [4.69, 9.17) is 21.1 Å². The lowest BCUT2D eigenvalue weighted by molar-refractivity contribution is -0.126. The molecule has 2 aromatic rings. The second-order valence-electron chi connectivity index (χ2n) is 6.62. The van der Waals surface area contributed by atoms with Gasteiger partial charge in [-0.15, -0.1) is 0 Å². The maximum atomic E-state index is 13.9. The molecule has 0 spiro atoms. The molecule has 7 heteroatoms. The Balaban J connectivity index is 1.38. The molecule has 0 aliphatic carbocycles. The number of para-hydroxylation sites is 1. The van der Waals surface area contributed by atoms with E-state index in [0.717, 1.165) is 5.56 Å². The van der Waals surface area contributed by atoms with Crippen LogP contribution in [0.1, 0.15) is 5.56 Å². The van der Waals surface area contributed by atoms with E-state index in [1.807, 2.05) is 11.0 Å². The molecule has 0 radical (unpaired) electrons. The van der Waals surface area contributed by atoms with Crippen molar-refractivity contribution in [3.05, 3.63) is 58.9 Å². The van der Waals surface area contributed by atoms with Crippen molar-refractivity contribution in [3.8, 4) is 11.5 Å². The predicted molar refractivity (Wildman–Crippen MR) is 107 cm³/mol. The number of carbonyl (C=O) groups is 1. The molecule has 0 bridgehead atoms. The van der Waals surface area contributed by atoms with Gasteiger partial charge in [0.2, 0.25) is 5.91 Å². The van der Waals surface area contributed by atoms with Crippen molar-refractivity contribution in [1.29, 1.82) is 0 Å². The highest BCUT2D eigenvalue weighted by molar-refractivity contribution is 6.32. The summed E-state index contributed by atoms with van der Waals surface area (Å²) in [6.45, 7) is 3.21. The van der Waals surface area contributed by atoms with Gasteiger partial charge in [-0.25, -0.2) is 4.39 Å². The normalized spacial score (nSPS) is 16.5. The van der Waals surface area contributed by atoms with Crippen LogP contribution in [0.3, 0.4) is 0 Å². The van der Waals surface area contributed by atoms with Crippen LogP contribution >= 0.6 is 11.6 Å². The standard InChI is InChI=1S/C21H20ClFN2O3/c22-16-13-15(14-19-21(16)28-12-11-27-19)5-6-20(26)25-9-7-24(8-10-25)18-4-2-1-3-17(18)23/h1-6,13-14H,7-12H2/b6-5+. The van der Waals surface area contributed by atoms with Gasteiger partial charge in [0.1, 0.15) is 19.0 Å². The molecule has 4 rings (SSSR count). The lowest BCUT2D eigenvalue weighted by Crippen LogP contribution is -2.48. The number of anilines is 1. The van der Waals surface area contributed by atoms with E-state index in [0.29, 0.717) is 61.6 Å². The van der Waals surface area contributed by atoms with Crippen LogP contribution < -0.4 is 14.4 Å². The molecule has 1 amide bonds. The fourth-order valence-electron chi connectivity index (χ4n) is 3.38. The minimum atomic E-state index is -0.238. The van der Waals surface area contributed by atoms with Crippen molar-refractivity contribution in [2.45, 2.75) is 0 Å². The smallest absolute Gasteiger partial charge is 0.246 e. The topological polar surface area (TPSA) is 42.0 Å². The molecule has 2 aliphatic heterocycles. The predicted octanol–water partition coefficient (Wildman–Crippen LogP) is 3.61. The number of benzene rings is 2. The van der Waals surface area contributed by atoms with Gasteiger partial charge in [-0.2, -0.15) is 0 Å². The lowest BCUT2D eigenvalue weighted by atomic mass is 10.1. The number of hydrogen-bond acceptors (Lipinski definition) is 4. The van der Waals surface area contributed by atoms with E-state index < -0.39 is 0 Å². The molecule has 0 N–H and O–H groups in total. The Kier molecular flexibility index (Phi) is 5.39. The summed E-state index contributed by atoms with van der Waals surface area (Å²) in [5, 5.41) is 0.461. The van der Waals surface area contributed by atoms with Crippen LogP contribution in [0.25, 0.3) is 6.08 Å². The molecule has 0 atom stereocenters. The third-order valence-electron chi connectivity index (χ3n) is 4.82. The van der Waals surface area contributed by atoms with Crippen LogP contribution in [0, 0.1) is 5.82 Å². The van der Waals surface area contributed by atoms with Crippen molar-refractivity contribution in [2.75, 3.05) is 44.3 Å². The summed E-state index contributed by atoms with van der Waals surface area (Å²) in [6.07, 6.45) is 3.25. The summed E-state index contributed by atoms with van der Waals surface area (Å²) < 4.78 is 25.0. The molecule has 146 valence electrons. The number of hydrogen-bond donors (Lipinski definition) is 0. The van der Waals surface area contributed by atoms with E-state index in [1.165, 1.54) is 12.1 Å². The molecule has 1 fully saturated rings. The van der Waals surface area contributed by atoms with E-state index in [1.54, 1.807) is 35.2 Å². The Morgan fingerprint density at radius 2 is 1.82 bits per heavy atom. The summed E-state index contributed by atoms with van der Waals surface area (Å²) >= 11 is 6.23. The minimum absolute atomic E-state index is 0.0841. The van der Waals surface area contributed by atoms with Crippen molar-refractivity contribution in [3.63, 3.8) is 0 Å². The summed E-state index contributed by atoms with van der Waals surface area (Å²) in [5.41, 5.74) is 1.35. The van der Waals surface area contributed by atoms with Crippen molar-refractivity contribution in [2.24, 2.45) is 0 Å². The second kappa shape index (κ2) is 8.10. The van der Waals surface area contributed by atoms with Gasteiger partial charge in [-0.1, -0.05) is 23.7 Å². The number of amides is 1. The first-order valence-corrected chi connectivity index (χ1v) is 9.55. The van der Waals surface area contributed by atoms with Crippen LogP contribution in [-0.4, -0.2) is 50.2 Å². The zero-order chi connectivity index (χ0) is 19.5. The molecule has 0 saturated carbocycles. The maximum Gasteiger partial charge on any atom is 0.246 e. The Labute approximate surface area is 167 Å². The third kappa shape index (κ3) is 3.92. The van der Waals surface area contributed by atoms with E-state index in [-0.39, 0.29) is 11.7 Å². The van der Waals surface area contributed by atoms with E-state index >= 15 is 0 Å². The molecule has 1 saturated heterocycles. The van der Waals surface area contributed by atoms with Gasteiger partial charge < -0.3 is 19.3 Å². The summed E-state index contributed by atoms with van der Waals surface area (Å²) in [6, 6.07) is 10.3. The van der Waals surface area contributed by atoms with Gasteiger partial charge in [0, 0.05) is 32.3 Å². The summed E-state index contributed by atoms with van der Waals surface area (Å²) in [5.74, 6) is 0.807. The molecule has 0 aromatic heterocycles. The van der Waals surface area contributed by atoms with E-state index in [9.17, 15) is 9.18 Å². The number of carbonyl (C=O) groups excluding carboxylic acids is 1. The van der Waals surface area contributed by atoms with Crippen LogP contribution in [-0.2, 0) is 4.79 Å². The average molecular weight is 403 g/mol. The van der Waals surface area contributed by atoms with Gasteiger partial charge in [-0.3, -0.25) is 4.79 Å². The zero-order valence-corrected chi connectivity index (χ0v) is 16.0. The summed E-state index contributed by atoms with van der Waals surface area (Å²) in [7, 11) is 0. The molecule has 2 aromatic carbocycles. The monoisotopic (exact) mass is 402 g/mol. The van der Waals surface area contributed by atoms with Crippen LogP contribution in [0.2, 0.25) is 5.02 Å². The Bertz CT molecular complexity index is 911. The fourth-order valence-corrected chi connectivity index (χ4v) is 3.65. The van der Waals surface area contributed by atoms with Gasteiger partial charge in [0.15, 0.2) is 11.5 Å². The first-order valence-electron chi connectivity index (χ1n) is 9.17. The number of nitrogens with zero attached hydrogens (tertiary/aromatic N) is 2. The molecule has 28 heavy (non-hydrogen) atoms. The van der Waals surface area contributed by atoms with Gasteiger partial charge >= 0.3 is 0 Å². The number of halogens is 2. The van der Waals surface area contributed by atoms with Crippen LogP contribution in [0.5, 0.6) is 11.5 Å². The molecular formula is C21H20ClFN2O3. The quantitative estimate of drug-likeness (QED) is 0.735. The fraction of sp³-hybridized carbons (Fsp3) is 0.286. The lowest BCUT2D eigenvalue weighted by Gasteiger charge is -2.35. The number of rotatable bonds is 3. The Morgan fingerprint density at radius 1 is 1.07 bits per heavy atom. The Morgan fingerprint density at radius 3 is 2.61 bits per heavy atom. The van der Waals surface area contributed by atoms with Crippen molar-refractivity contribution in [1.82, 2.24) is 4.90 Å². The minimum Gasteiger partial charge on any atom is -0.486 e. The molecule has 2 aliphatic rings. The highest BCUT2D eigenvalue weighted by Crippen LogP contribution is 2.38. The summed E-state index contributed by atoms with van der Waals surface area (Å²) in [4.78, 5) is 16.2. The SMILES string of the molecule is O=C(/C=C/c1cc(Cl)c2c(c1)OCCO2)N1CCN(c2ccccc2F)CC1. The Hall–Kier alpha value is -2.73. The first kappa shape index (κ1) is 18.6. The highest BCUT2D eigenvalue weighted by atomic mass is 35.5. The van der Waals surface area contributed by atoms with Gasteiger partial charge in [-0.05, 0) is 35.9 Å². The number of piperazine rings is 1. The van der Waals surface area contributed by atoms with Crippen molar-refractivity contribution < 1.29 is 18.7 Å². The average Bonchev–Trinajstić information content (AvgIpc) is 2.73. The van der Waals surface area contributed by atoms with Crippen LogP contribution in [0.4, 0.5) is 10.1 Å². The van der Waals surface area contributed by atoms with E-state index in [2.05, 4.69) is 0 Å². The number of ether oxygens (including phenoxy) is 2. The van der Waals surface area contributed by atoms with Gasteiger partial charge in [0.25, 0.3) is 0 Å². The molecule has 0 unspecified atom stereocenters. The third-order valence-corrected chi connectivity index (χ3v) is 5.10. The molecule has 2 heterocycles. The number of fused-ring (bicyclic) bond motifs is 1. The molecular weight excluding hydrogens is 383 g/mol. The largest absolute Gasteiger partial charge is 0.486 e. The second-order valence-corrected chi connectivity index (χ2v) is 7.03. The molecule has 5 nitrogen and oxygen atoms in total. The van der Waals surface area contributed by atoms with Gasteiger partial charge in [0.05, 0.1) is 10.7 Å². The highest BCUT2D eigenvalue weighted by Gasteiger charge is 2.21. The van der Waals surface area contributed by atoms with Crippen molar-refractivity contribution >= 4 is 29.3 Å². The first-order chi connectivity index (χ1) is 13.6. The zero-order valence-electron chi connectivity index (χ0n) is 15.2. The maximum absolute atomic E-state index is 13.9. The van der Waals surface area contributed by atoms with Crippen LogP contribution in [0.15, 0.2) is 42.5 Å².